The van der Waals surface area contributed by atoms with Crippen molar-refractivity contribution in [2.24, 2.45) is 0 Å². The Hall–Kier alpha value is -3.79. The molecule has 0 unspecified atom stereocenters. The van der Waals surface area contributed by atoms with Crippen LogP contribution in [0.1, 0.15) is 22.8 Å². The Balaban J connectivity index is 1.95. The Morgan fingerprint density at radius 1 is 1.19 bits per heavy atom. The summed E-state index contributed by atoms with van der Waals surface area (Å²) in [5.41, 5.74) is 1.40. The molecule has 2 aromatic rings. The molecular weight excluding hydrogens is 346 g/mol. The molecule has 0 radical (unpaired) electrons. The number of aromatic hydroxyl groups is 1. The van der Waals surface area contributed by atoms with Crippen molar-refractivity contribution in [2.45, 2.75) is 13.5 Å². The highest BCUT2D eigenvalue weighted by Crippen LogP contribution is 2.21. The molecule has 0 saturated carbocycles. The SMILES string of the molecule is CCOC(=O)c1ccc(CN/C=C(/C#N)C(=O)Nc2ccccc2O)cc1. The molecule has 7 heteroatoms. The van der Waals surface area contributed by atoms with E-state index in [0.29, 0.717) is 18.7 Å². The lowest BCUT2D eigenvalue weighted by atomic mass is 10.1. The summed E-state index contributed by atoms with van der Waals surface area (Å²) in [5.74, 6) is -1.11. The number of phenols is 1. The third-order valence-electron chi connectivity index (χ3n) is 3.53. The van der Waals surface area contributed by atoms with Gasteiger partial charge < -0.3 is 20.5 Å². The van der Waals surface area contributed by atoms with Gasteiger partial charge in [0.25, 0.3) is 5.91 Å². The standard InChI is InChI=1S/C20H19N3O4/c1-2-27-20(26)15-9-7-14(8-10-15)12-22-13-16(11-21)19(25)23-17-5-3-4-6-18(17)24/h3-10,13,22,24H,2,12H2,1H3,(H,23,25)/b16-13-. The van der Waals surface area contributed by atoms with Crippen LogP contribution in [0.25, 0.3) is 0 Å². The molecule has 0 fully saturated rings. The number of benzene rings is 2. The van der Waals surface area contributed by atoms with E-state index < -0.39 is 5.91 Å². The molecule has 0 bridgehead atoms. The second-order valence-corrected chi connectivity index (χ2v) is 5.44. The van der Waals surface area contributed by atoms with Crippen molar-refractivity contribution in [3.05, 3.63) is 71.4 Å². The van der Waals surface area contributed by atoms with Gasteiger partial charge in [-0.1, -0.05) is 24.3 Å². The summed E-state index contributed by atoms with van der Waals surface area (Å²) in [5, 5.41) is 24.2. The molecule has 0 aliphatic heterocycles. The van der Waals surface area contributed by atoms with Crippen molar-refractivity contribution < 1.29 is 19.4 Å². The number of nitrogens with zero attached hydrogens (tertiary/aromatic N) is 1. The number of nitrogens with one attached hydrogen (secondary N) is 2. The maximum absolute atomic E-state index is 12.1. The number of phenolic OH excluding ortho intramolecular Hbond substituents is 1. The summed E-state index contributed by atoms with van der Waals surface area (Å²) < 4.78 is 4.92. The van der Waals surface area contributed by atoms with Crippen LogP contribution in [0, 0.1) is 11.3 Å². The second-order valence-electron chi connectivity index (χ2n) is 5.44. The summed E-state index contributed by atoms with van der Waals surface area (Å²) >= 11 is 0. The summed E-state index contributed by atoms with van der Waals surface area (Å²) in [4.78, 5) is 23.7. The molecule has 0 atom stereocenters. The minimum absolute atomic E-state index is 0.0854. The van der Waals surface area contributed by atoms with E-state index in [1.807, 2.05) is 6.07 Å². The van der Waals surface area contributed by atoms with Crippen LogP contribution in [0.4, 0.5) is 5.69 Å². The maximum atomic E-state index is 12.1. The molecule has 1 amide bonds. The van der Waals surface area contributed by atoms with E-state index in [1.54, 1.807) is 43.3 Å². The predicted octanol–water partition coefficient (Wildman–Crippen LogP) is 2.70. The van der Waals surface area contributed by atoms with Crippen LogP contribution in [-0.4, -0.2) is 23.6 Å². The zero-order valence-corrected chi connectivity index (χ0v) is 14.7. The highest BCUT2D eigenvalue weighted by molar-refractivity contribution is 6.07. The Morgan fingerprint density at radius 2 is 1.89 bits per heavy atom. The van der Waals surface area contributed by atoms with Crippen LogP contribution < -0.4 is 10.6 Å². The average Bonchev–Trinajstić information content (AvgIpc) is 2.67. The molecular formula is C20H19N3O4. The number of carbonyl (C=O) groups excluding carboxylic acids is 2. The lowest BCUT2D eigenvalue weighted by Gasteiger charge is -2.07. The maximum Gasteiger partial charge on any atom is 0.338 e. The molecule has 3 N–H and O–H groups in total. The van der Waals surface area contributed by atoms with Crippen molar-refractivity contribution in [3.8, 4) is 11.8 Å². The third kappa shape index (κ3) is 5.61. The van der Waals surface area contributed by atoms with E-state index in [0.717, 1.165) is 5.56 Å². The Labute approximate surface area is 156 Å². The number of nitriles is 1. The van der Waals surface area contributed by atoms with Crippen LogP contribution in [-0.2, 0) is 16.1 Å². The quantitative estimate of drug-likeness (QED) is 0.301. The number of ether oxygens (including phenoxy) is 1. The van der Waals surface area contributed by atoms with Gasteiger partial charge >= 0.3 is 5.97 Å². The van der Waals surface area contributed by atoms with Crippen molar-refractivity contribution in [2.75, 3.05) is 11.9 Å². The molecule has 0 aliphatic rings. The van der Waals surface area contributed by atoms with Gasteiger partial charge in [0.1, 0.15) is 17.4 Å². The Morgan fingerprint density at radius 3 is 2.52 bits per heavy atom. The van der Waals surface area contributed by atoms with Crippen LogP contribution >= 0.6 is 0 Å². The molecule has 2 rings (SSSR count). The normalized spacial score (nSPS) is 10.6. The number of anilines is 1. The summed E-state index contributed by atoms with van der Waals surface area (Å²) in [6.07, 6.45) is 1.30. The average molecular weight is 365 g/mol. The molecule has 27 heavy (non-hydrogen) atoms. The van der Waals surface area contributed by atoms with E-state index in [-0.39, 0.29) is 23.0 Å². The molecule has 0 aliphatic carbocycles. The van der Waals surface area contributed by atoms with Crippen molar-refractivity contribution in [1.82, 2.24) is 5.32 Å². The molecule has 7 nitrogen and oxygen atoms in total. The van der Waals surface area contributed by atoms with Gasteiger partial charge in [-0.2, -0.15) is 5.26 Å². The van der Waals surface area contributed by atoms with Crippen LogP contribution in [0.2, 0.25) is 0 Å². The molecule has 0 heterocycles. The summed E-state index contributed by atoms with van der Waals surface area (Å²) in [6.45, 7) is 2.41. The highest BCUT2D eigenvalue weighted by atomic mass is 16.5. The first-order valence-electron chi connectivity index (χ1n) is 8.24. The van der Waals surface area contributed by atoms with Crippen molar-refractivity contribution in [3.63, 3.8) is 0 Å². The topological polar surface area (TPSA) is 111 Å². The lowest BCUT2D eigenvalue weighted by molar-refractivity contribution is -0.112. The third-order valence-corrected chi connectivity index (χ3v) is 3.53. The molecule has 138 valence electrons. The number of para-hydroxylation sites is 2. The molecule has 0 aromatic heterocycles. The fourth-order valence-corrected chi connectivity index (χ4v) is 2.16. The predicted molar refractivity (Wildman–Crippen MR) is 99.7 cm³/mol. The lowest BCUT2D eigenvalue weighted by Crippen LogP contribution is -2.16. The zero-order valence-electron chi connectivity index (χ0n) is 14.7. The van der Waals surface area contributed by atoms with Gasteiger partial charge in [0.2, 0.25) is 0 Å². The minimum Gasteiger partial charge on any atom is -0.506 e. The zero-order chi connectivity index (χ0) is 19.6. The van der Waals surface area contributed by atoms with E-state index >= 15 is 0 Å². The van der Waals surface area contributed by atoms with Gasteiger partial charge in [0.05, 0.1) is 17.9 Å². The van der Waals surface area contributed by atoms with Crippen LogP contribution in [0.5, 0.6) is 5.75 Å². The number of rotatable bonds is 7. The second kappa shape index (κ2) is 9.63. The Bertz CT molecular complexity index is 883. The van der Waals surface area contributed by atoms with Gasteiger partial charge in [-0.05, 0) is 36.8 Å². The van der Waals surface area contributed by atoms with E-state index in [2.05, 4.69) is 10.6 Å². The van der Waals surface area contributed by atoms with Gasteiger partial charge in [-0.25, -0.2) is 4.79 Å². The summed E-state index contributed by atoms with van der Waals surface area (Å²) in [6, 6.07) is 14.9. The number of hydrogen-bond donors (Lipinski definition) is 3. The van der Waals surface area contributed by atoms with Gasteiger partial charge in [-0.15, -0.1) is 0 Å². The number of carbonyl (C=O) groups is 2. The number of esters is 1. The van der Waals surface area contributed by atoms with E-state index in [9.17, 15) is 14.7 Å². The van der Waals surface area contributed by atoms with Gasteiger partial charge in [0, 0.05) is 12.7 Å². The van der Waals surface area contributed by atoms with Crippen LogP contribution in [0.15, 0.2) is 60.3 Å². The summed E-state index contributed by atoms with van der Waals surface area (Å²) in [7, 11) is 0. The van der Waals surface area contributed by atoms with E-state index in [4.69, 9.17) is 10.00 Å². The van der Waals surface area contributed by atoms with Crippen molar-refractivity contribution >= 4 is 17.6 Å². The first kappa shape index (κ1) is 19.5. The largest absolute Gasteiger partial charge is 0.506 e. The van der Waals surface area contributed by atoms with Crippen molar-refractivity contribution in [1.29, 1.82) is 5.26 Å². The fraction of sp³-hybridized carbons (Fsp3) is 0.150. The van der Waals surface area contributed by atoms with E-state index in [1.165, 1.54) is 18.3 Å². The molecule has 2 aromatic carbocycles. The first-order chi connectivity index (χ1) is 13.0. The molecule has 0 saturated heterocycles. The Kier molecular flexibility index (Phi) is 6.97. The first-order valence-corrected chi connectivity index (χ1v) is 8.24. The van der Waals surface area contributed by atoms with Gasteiger partial charge in [0.15, 0.2) is 0 Å². The highest BCUT2D eigenvalue weighted by Gasteiger charge is 2.11. The molecule has 0 spiro atoms. The minimum atomic E-state index is -0.635. The monoisotopic (exact) mass is 365 g/mol. The number of hydrogen-bond acceptors (Lipinski definition) is 6. The van der Waals surface area contributed by atoms with Crippen LogP contribution in [0.3, 0.4) is 0 Å². The fourth-order valence-electron chi connectivity index (χ4n) is 2.16. The van der Waals surface area contributed by atoms with Gasteiger partial charge in [-0.3, -0.25) is 4.79 Å². The smallest absolute Gasteiger partial charge is 0.338 e. The number of amides is 1.